The number of ether oxygens (including phenoxy) is 1. The summed E-state index contributed by atoms with van der Waals surface area (Å²) >= 11 is 1.44. The number of thioether (sulfide) groups is 1. The van der Waals surface area contributed by atoms with Gasteiger partial charge in [0.2, 0.25) is 0 Å². The van der Waals surface area contributed by atoms with Crippen LogP contribution in [0.15, 0.2) is 65.6 Å². The monoisotopic (exact) mass is 340 g/mol. The van der Waals surface area contributed by atoms with Gasteiger partial charge in [0, 0.05) is 10.5 Å². The highest BCUT2D eigenvalue weighted by Gasteiger charge is 2.29. The molecule has 2 rings (SSSR count). The minimum atomic E-state index is -0.643. The molecule has 0 bridgehead atoms. The van der Waals surface area contributed by atoms with Crippen molar-refractivity contribution in [1.82, 2.24) is 0 Å². The van der Waals surface area contributed by atoms with Crippen molar-refractivity contribution < 1.29 is 14.3 Å². The number of ketones is 1. The van der Waals surface area contributed by atoms with Gasteiger partial charge in [-0.3, -0.25) is 9.59 Å². The van der Waals surface area contributed by atoms with Gasteiger partial charge < -0.3 is 4.74 Å². The van der Waals surface area contributed by atoms with Gasteiger partial charge in [0.25, 0.3) is 0 Å². The van der Waals surface area contributed by atoms with Crippen LogP contribution in [0.5, 0.6) is 0 Å². The Morgan fingerprint density at radius 3 is 2.21 bits per heavy atom. The summed E-state index contributed by atoms with van der Waals surface area (Å²) in [5, 5.41) is 0. The molecule has 0 aliphatic carbocycles. The molecule has 2 aromatic rings. The van der Waals surface area contributed by atoms with Crippen molar-refractivity contribution in [3.05, 3.63) is 71.8 Å². The van der Waals surface area contributed by atoms with Crippen molar-refractivity contribution in [2.24, 2.45) is 0 Å². The molecule has 124 valence electrons. The second kappa shape index (κ2) is 7.97. The van der Waals surface area contributed by atoms with Gasteiger partial charge in [-0.1, -0.05) is 48.5 Å². The largest absolute Gasteiger partial charge is 0.468 e. The Hall–Kier alpha value is -2.33. The molecule has 0 atom stereocenters. The van der Waals surface area contributed by atoms with Crippen LogP contribution >= 0.6 is 11.8 Å². The van der Waals surface area contributed by atoms with E-state index in [0.29, 0.717) is 5.56 Å². The number of carbonyl (C=O) groups is 2. The molecule has 0 unspecified atom stereocenters. The Kier molecular flexibility index (Phi) is 5.99. The van der Waals surface area contributed by atoms with Gasteiger partial charge in [-0.2, -0.15) is 0 Å². The smallest absolute Gasteiger partial charge is 0.321 e. The van der Waals surface area contributed by atoms with Crippen LogP contribution in [0.1, 0.15) is 29.8 Å². The van der Waals surface area contributed by atoms with Crippen molar-refractivity contribution >= 4 is 29.6 Å². The number of rotatable bonds is 6. The minimum absolute atomic E-state index is 0.0270. The highest BCUT2D eigenvalue weighted by molar-refractivity contribution is 8.01. The van der Waals surface area contributed by atoms with E-state index in [1.54, 1.807) is 24.3 Å². The number of carbonyl (C=O) groups excluding carboxylic acids is 2. The third kappa shape index (κ3) is 4.83. The number of hydrogen-bond acceptors (Lipinski definition) is 4. The molecule has 0 N–H and O–H groups in total. The number of hydrogen-bond donors (Lipinski definition) is 0. The first kappa shape index (κ1) is 18.0. The zero-order chi connectivity index (χ0) is 17.6. The fourth-order valence-corrected chi connectivity index (χ4v) is 3.13. The van der Waals surface area contributed by atoms with Crippen LogP contribution in [0.3, 0.4) is 0 Å². The third-order valence-corrected chi connectivity index (χ3v) is 4.60. The Labute approximate surface area is 146 Å². The molecule has 24 heavy (non-hydrogen) atoms. The number of esters is 1. The summed E-state index contributed by atoms with van der Waals surface area (Å²) in [6.07, 6.45) is 3.35. The average molecular weight is 340 g/mol. The zero-order valence-corrected chi connectivity index (χ0v) is 14.8. The molecule has 0 spiro atoms. The van der Waals surface area contributed by atoms with Gasteiger partial charge in [0.15, 0.2) is 5.78 Å². The first-order chi connectivity index (χ1) is 11.4. The van der Waals surface area contributed by atoms with Crippen molar-refractivity contribution in [1.29, 1.82) is 0 Å². The highest BCUT2D eigenvalue weighted by atomic mass is 32.2. The van der Waals surface area contributed by atoms with Crippen LogP contribution < -0.4 is 0 Å². The summed E-state index contributed by atoms with van der Waals surface area (Å²) in [6.45, 7) is 3.66. The SMILES string of the molecule is COC(=O)C(C)(C)Sc1ccc(/C=C/C(=O)c2ccccc2)cc1. The lowest BCUT2D eigenvalue weighted by Gasteiger charge is -2.20. The molecule has 0 aliphatic heterocycles. The third-order valence-electron chi connectivity index (χ3n) is 3.42. The fourth-order valence-electron chi connectivity index (χ4n) is 2.10. The molecule has 0 saturated heterocycles. The second-order valence-corrected chi connectivity index (χ2v) is 7.43. The molecule has 0 heterocycles. The van der Waals surface area contributed by atoms with Crippen LogP contribution in [0.4, 0.5) is 0 Å². The van der Waals surface area contributed by atoms with Gasteiger partial charge in [0.05, 0.1) is 7.11 Å². The summed E-state index contributed by atoms with van der Waals surface area (Å²) in [5.41, 5.74) is 1.60. The van der Waals surface area contributed by atoms with Crippen LogP contribution in [0.2, 0.25) is 0 Å². The second-order valence-electron chi connectivity index (χ2n) is 5.74. The molecule has 3 nitrogen and oxygen atoms in total. The van der Waals surface area contributed by atoms with Crippen LogP contribution in [-0.4, -0.2) is 23.6 Å². The molecule has 2 aromatic carbocycles. The Bertz CT molecular complexity index is 731. The maximum Gasteiger partial charge on any atom is 0.321 e. The highest BCUT2D eigenvalue weighted by Crippen LogP contribution is 2.33. The molecule has 0 saturated carbocycles. The first-order valence-electron chi connectivity index (χ1n) is 7.57. The predicted molar refractivity (Wildman–Crippen MR) is 98.2 cm³/mol. The van der Waals surface area contributed by atoms with E-state index in [0.717, 1.165) is 10.5 Å². The normalized spacial score (nSPS) is 11.5. The van der Waals surface area contributed by atoms with E-state index in [-0.39, 0.29) is 11.8 Å². The van der Waals surface area contributed by atoms with E-state index in [1.165, 1.54) is 18.9 Å². The number of methoxy groups -OCH3 is 1. The summed E-state index contributed by atoms with van der Waals surface area (Å²) < 4.78 is 4.17. The summed E-state index contributed by atoms with van der Waals surface area (Å²) in [7, 11) is 1.39. The molecular weight excluding hydrogens is 320 g/mol. The summed E-state index contributed by atoms with van der Waals surface area (Å²) in [6, 6.07) is 16.9. The van der Waals surface area contributed by atoms with E-state index >= 15 is 0 Å². The topological polar surface area (TPSA) is 43.4 Å². The summed E-state index contributed by atoms with van der Waals surface area (Å²) in [4.78, 5) is 24.7. The molecule has 0 radical (unpaired) electrons. The Morgan fingerprint density at radius 2 is 1.62 bits per heavy atom. The van der Waals surface area contributed by atoms with Crippen LogP contribution in [0, 0.1) is 0 Å². The van der Waals surface area contributed by atoms with Gasteiger partial charge in [-0.25, -0.2) is 0 Å². The fraction of sp³-hybridized carbons (Fsp3) is 0.200. The van der Waals surface area contributed by atoms with Gasteiger partial charge in [-0.15, -0.1) is 11.8 Å². The quantitative estimate of drug-likeness (QED) is 0.333. The van der Waals surface area contributed by atoms with Gasteiger partial charge in [-0.05, 0) is 37.6 Å². The Balaban J connectivity index is 2.03. The van der Waals surface area contributed by atoms with E-state index in [2.05, 4.69) is 0 Å². The molecule has 0 aromatic heterocycles. The van der Waals surface area contributed by atoms with Crippen molar-refractivity contribution in [3.8, 4) is 0 Å². The zero-order valence-electron chi connectivity index (χ0n) is 14.0. The van der Waals surface area contributed by atoms with Gasteiger partial charge >= 0.3 is 5.97 Å². The molecular formula is C20H20O3S. The van der Waals surface area contributed by atoms with E-state index in [1.807, 2.05) is 56.3 Å². The van der Waals surface area contributed by atoms with Crippen molar-refractivity contribution in [2.75, 3.05) is 7.11 Å². The minimum Gasteiger partial charge on any atom is -0.468 e. The van der Waals surface area contributed by atoms with Crippen LogP contribution in [0.25, 0.3) is 6.08 Å². The van der Waals surface area contributed by atoms with Crippen LogP contribution in [-0.2, 0) is 9.53 Å². The Morgan fingerprint density at radius 1 is 1.00 bits per heavy atom. The molecule has 0 aliphatic rings. The lowest BCUT2D eigenvalue weighted by molar-refractivity contribution is -0.142. The molecule has 4 heteroatoms. The summed E-state index contributed by atoms with van der Waals surface area (Å²) in [5.74, 6) is -0.286. The van der Waals surface area contributed by atoms with Crippen molar-refractivity contribution in [3.63, 3.8) is 0 Å². The van der Waals surface area contributed by atoms with Gasteiger partial charge in [0.1, 0.15) is 4.75 Å². The lowest BCUT2D eigenvalue weighted by atomic mass is 10.1. The number of allylic oxidation sites excluding steroid dienone is 1. The standard InChI is InChI=1S/C20H20O3S/c1-20(2,19(22)23-3)24-17-12-9-15(10-13-17)11-14-18(21)16-7-5-4-6-8-16/h4-14H,1-3H3/b14-11+. The van der Waals surface area contributed by atoms with E-state index in [4.69, 9.17) is 4.74 Å². The maximum absolute atomic E-state index is 12.0. The predicted octanol–water partition coefficient (Wildman–Crippen LogP) is 4.63. The van der Waals surface area contributed by atoms with E-state index < -0.39 is 4.75 Å². The first-order valence-corrected chi connectivity index (χ1v) is 8.39. The average Bonchev–Trinajstić information content (AvgIpc) is 2.60. The lowest BCUT2D eigenvalue weighted by Crippen LogP contribution is -2.28. The molecule has 0 fully saturated rings. The number of benzene rings is 2. The van der Waals surface area contributed by atoms with Crippen molar-refractivity contribution in [2.45, 2.75) is 23.5 Å². The maximum atomic E-state index is 12.0. The molecule has 0 amide bonds. The van der Waals surface area contributed by atoms with E-state index in [9.17, 15) is 9.59 Å².